The molecular formula is C38H82N3O5P. The Bertz CT molecular complexity index is 592. The topological polar surface area (TPSA) is 104 Å². The highest BCUT2D eigenvalue weighted by Crippen LogP contribution is 2.44. The van der Waals surface area contributed by atoms with Gasteiger partial charge in [0, 0.05) is 6.54 Å². The summed E-state index contributed by atoms with van der Waals surface area (Å²) in [5.74, 6) is 0. The molecule has 0 aromatic carbocycles. The fraction of sp³-hybridized carbons (Fsp3) is 1.00. The van der Waals surface area contributed by atoms with Crippen LogP contribution >= 0.6 is 7.75 Å². The van der Waals surface area contributed by atoms with Gasteiger partial charge in [0.25, 0.3) is 0 Å². The number of nitrogens with one attached hydrogen (secondary N) is 2. The standard InChI is InChI=1S/C38H82N3O5P/c1-3-5-7-9-11-13-15-17-19-21-23-25-27-29-37-43-45-47(42,41-36-32-35-40-34-31-33-39)46-44-38-30-28-26-24-22-20-18-16-14-12-10-8-6-4-2/h40H,3-39H2,1-2H3,(H,41,42). The first-order valence-corrected chi connectivity index (χ1v) is 22.1. The second kappa shape index (κ2) is 40.4. The highest BCUT2D eigenvalue weighted by Gasteiger charge is 2.27. The summed E-state index contributed by atoms with van der Waals surface area (Å²) in [6.45, 7) is 8.17. The molecule has 0 bridgehead atoms. The van der Waals surface area contributed by atoms with Gasteiger partial charge >= 0.3 is 7.75 Å². The molecule has 0 unspecified atom stereocenters. The Hall–Kier alpha value is -0.0500. The van der Waals surface area contributed by atoms with Crippen LogP contribution in [0, 0.1) is 0 Å². The number of unbranched alkanes of at least 4 members (excludes halogenated alkanes) is 26. The van der Waals surface area contributed by atoms with Crippen molar-refractivity contribution in [1.29, 1.82) is 0 Å². The van der Waals surface area contributed by atoms with Gasteiger partial charge in [-0.25, -0.2) is 19.4 Å². The molecule has 284 valence electrons. The predicted molar refractivity (Wildman–Crippen MR) is 201 cm³/mol. The van der Waals surface area contributed by atoms with Crippen molar-refractivity contribution in [2.75, 3.05) is 39.4 Å². The van der Waals surface area contributed by atoms with Crippen molar-refractivity contribution >= 4 is 7.75 Å². The molecule has 0 radical (unpaired) electrons. The summed E-state index contributed by atoms with van der Waals surface area (Å²) in [5, 5.41) is 6.21. The predicted octanol–water partition coefficient (Wildman–Crippen LogP) is 11.9. The van der Waals surface area contributed by atoms with Gasteiger partial charge in [-0.15, -0.1) is 9.35 Å². The minimum atomic E-state index is -3.70. The van der Waals surface area contributed by atoms with E-state index in [-0.39, 0.29) is 0 Å². The van der Waals surface area contributed by atoms with Crippen molar-refractivity contribution in [2.45, 2.75) is 206 Å². The minimum absolute atomic E-state index is 0.396. The Balaban J connectivity index is 3.91. The van der Waals surface area contributed by atoms with E-state index in [0.717, 1.165) is 51.6 Å². The van der Waals surface area contributed by atoms with Gasteiger partial charge in [0.1, 0.15) is 0 Å². The fourth-order valence-electron chi connectivity index (χ4n) is 5.77. The molecule has 0 rings (SSSR count). The normalized spacial score (nSPS) is 12.0. The molecule has 0 saturated heterocycles. The van der Waals surface area contributed by atoms with E-state index in [1.165, 1.54) is 154 Å². The molecule has 0 heterocycles. The van der Waals surface area contributed by atoms with Crippen LogP contribution in [0.1, 0.15) is 206 Å². The zero-order valence-electron chi connectivity index (χ0n) is 31.5. The zero-order chi connectivity index (χ0) is 34.2. The maximum Gasteiger partial charge on any atom is 0.459 e. The van der Waals surface area contributed by atoms with Gasteiger partial charge in [0.2, 0.25) is 0 Å². The fourth-order valence-corrected chi connectivity index (χ4v) is 6.76. The van der Waals surface area contributed by atoms with Crippen LogP contribution in [0.15, 0.2) is 0 Å². The van der Waals surface area contributed by atoms with E-state index in [9.17, 15) is 4.57 Å². The Morgan fingerprint density at radius 3 is 1.09 bits per heavy atom. The summed E-state index contributed by atoms with van der Waals surface area (Å²) in [6.07, 6.45) is 38.2. The molecule has 9 heteroatoms. The third kappa shape index (κ3) is 38.6. The van der Waals surface area contributed by atoms with E-state index in [4.69, 9.17) is 24.9 Å². The maximum atomic E-state index is 13.2. The molecule has 0 spiro atoms. The number of hydrogen-bond acceptors (Lipinski definition) is 7. The molecule has 0 aliphatic carbocycles. The Kier molecular flexibility index (Phi) is 40.3. The zero-order valence-corrected chi connectivity index (χ0v) is 32.4. The molecule has 47 heavy (non-hydrogen) atoms. The van der Waals surface area contributed by atoms with E-state index in [1.54, 1.807) is 0 Å². The molecule has 0 atom stereocenters. The van der Waals surface area contributed by atoms with Gasteiger partial charge in [0.05, 0.1) is 13.2 Å². The molecular weight excluding hydrogens is 609 g/mol. The SMILES string of the molecule is CCCCCCCCCCCCCCCCOOP(=O)(NCCCNCCCN)OOCCCCCCCCCCCCCCCC. The van der Waals surface area contributed by atoms with Crippen LogP contribution in [-0.2, 0) is 23.7 Å². The van der Waals surface area contributed by atoms with Crippen LogP contribution in [0.3, 0.4) is 0 Å². The van der Waals surface area contributed by atoms with E-state index >= 15 is 0 Å². The highest BCUT2D eigenvalue weighted by atomic mass is 31.2. The number of nitrogens with two attached hydrogens (primary N) is 1. The summed E-state index contributed by atoms with van der Waals surface area (Å²) in [5.41, 5.74) is 5.54. The number of hydrogen-bond donors (Lipinski definition) is 3. The van der Waals surface area contributed by atoms with E-state index < -0.39 is 7.75 Å². The van der Waals surface area contributed by atoms with Crippen molar-refractivity contribution in [1.82, 2.24) is 10.4 Å². The molecule has 0 amide bonds. The molecule has 0 fully saturated rings. The first-order chi connectivity index (χ1) is 23.2. The summed E-state index contributed by atoms with van der Waals surface area (Å²) in [6, 6.07) is 0. The lowest BCUT2D eigenvalue weighted by atomic mass is 10.0. The first kappa shape index (κ1) is 47.0. The highest BCUT2D eigenvalue weighted by molar-refractivity contribution is 7.51. The molecule has 0 aromatic rings. The average Bonchev–Trinajstić information content (AvgIpc) is 3.07. The monoisotopic (exact) mass is 692 g/mol. The Morgan fingerprint density at radius 1 is 0.426 bits per heavy atom. The van der Waals surface area contributed by atoms with Crippen LogP contribution < -0.4 is 16.1 Å². The second-order valence-electron chi connectivity index (χ2n) is 13.6. The smallest absolute Gasteiger partial charge is 0.330 e. The maximum absolute atomic E-state index is 13.2. The molecule has 4 N–H and O–H groups in total. The molecule has 0 aliphatic heterocycles. The molecule has 0 saturated carbocycles. The summed E-state index contributed by atoms with van der Waals surface area (Å²) < 4.78 is 23.7. The van der Waals surface area contributed by atoms with Crippen molar-refractivity contribution < 1.29 is 23.7 Å². The Morgan fingerprint density at radius 2 is 0.745 bits per heavy atom. The molecule has 0 aromatic heterocycles. The van der Waals surface area contributed by atoms with Crippen LogP contribution in [0.25, 0.3) is 0 Å². The van der Waals surface area contributed by atoms with Crippen molar-refractivity contribution in [3.8, 4) is 0 Å². The van der Waals surface area contributed by atoms with Gasteiger partial charge in [-0.05, 0) is 45.3 Å². The van der Waals surface area contributed by atoms with Crippen LogP contribution in [-0.4, -0.2) is 39.4 Å². The van der Waals surface area contributed by atoms with E-state index in [1.807, 2.05) is 0 Å². The van der Waals surface area contributed by atoms with Crippen molar-refractivity contribution in [2.24, 2.45) is 5.73 Å². The van der Waals surface area contributed by atoms with Crippen molar-refractivity contribution in [3.05, 3.63) is 0 Å². The number of rotatable bonds is 42. The molecule has 8 nitrogen and oxygen atoms in total. The van der Waals surface area contributed by atoms with Crippen LogP contribution in [0.2, 0.25) is 0 Å². The average molecular weight is 692 g/mol. The third-order valence-corrected chi connectivity index (χ3v) is 10.1. The van der Waals surface area contributed by atoms with Crippen molar-refractivity contribution in [3.63, 3.8) is 0 Å². The second-order valence-corrected chi connectivity index (χ2v) is 15.2. The third-order valence-electron chi connectivity index (χ3n) is 8.86. The van der Waals surface area contributed by atoms with Gasteiger partial charge in [0.15, 0.2) is 0 Å². The lowest BCUT2D eigenvalue weighted by molar-refractivity contribution is -0.269. The quantitative estimate of drug-likeness (QED) is 0.0251. The first-order valence-electron chi connectivity index (χ1n) is 20.6. The van der Waals surface area contributed by atoms with E-state index in [0.29, 0.717) is 26.3 Å². The van der Waals surface area contributed by atoms with Gasteiger partial charge in [-0.3, -0.25) is 0 Å². The summed E-state index contributed by atoms with van der Waals surface area (Å²) in [7, 11) is -3.70. The Labute approximate surface area is 293 Å². The van der Waals surface area contributed by atoms with Gasteiger partial charge < -0.3 is 11.1 Å². The molecule has 0 aliphatic rings. The van der Waals surface area contributed by atoms with Crippen LogP contribution in [0.5, 0.6) is 0 Å². The van der Waals surface area contributed by atoms with Gasteiger partial charge in [-0.1, -0.05) is 181 Å². The summed E-state index contributed by atoms with van der Waals surface area (Å²) in [4.78, 5) is 10.7. The summed E-state index contributed by atoms with van der Waals surface area (Å²) >= 11 is 0. The van der Waals surface area contributed by atoms with Gasteiger partial charge in [-0.2, -0.15) is 0 Å². The lowest BCUT2D eigenvalue weighted by Crippen LogP contribution is -2.24. The van der Waals surface area contributed by atoms with E-state index in [2.05, 4.69) is 24.3 Å². The largest absolute Gasteiger partial charge is 0.459 e. The lowest BCUT2D eigenvalue weighted by Gasteiger charge is -2.17. The minimum Gasteiger partial charge on any atom is -0.330 e. The van der Waals surface area contributed by atoms with Crippen LogP contribution in [0.4, 0.5) is 0 Å².